The number of halogens is 1. The Morgan fingerprint density at radius 2 is 2.12 bits per heavy atom. The summed E-state index contributed by atoms with van der Waals surface area (Å²) in [6, 6.07) is 4.89. The van der Waals surface area contributed by atoms with Gasteiger partial charge >= 0.3 is 11.8 Å². The van der Waals surface area contributed by atoms with E-state index in [2.05, 4.69) is 15.6 Å². The van der Waals surface area contributed by atoms with Gasteiger partial charge in [0.2, 0.25) is 12.1 Å². The summed E-state index contributed by atoms with van der Waals surface area (Å²) in [5.74, 6) is -0.151. The third-order valence-corrected chi connectivity index (χ3v) is 3.99. The molecule has 10 heteroatoms. The van der Waals surface area contributed by atoms with Crippen LogP contribution in [0.1, 0.15) is 6.42 Å². The number of carbonyl (C=O) groups is 1. The minimum absolute atomic E-state index is 0.157. The van der Waals surface area contributed by atoms with Crippen LogP contribution in [0.5, 0.6) is 0 Å². The molecule has 1 aliphatic heterocycles. The van der Waals surface area contributed by atoms with Crippen LogP contribution in [-0.4, -0.2) is 39.6 Å². The lowest BCUT2D eigenvalue weighted by molar-refractivity contribution is -0.388. The zero-order chi connectivity index (χ0) is 18.0. The number of benzene rings is 1. The lowest BCUT2D eigenvalue weighted by Gasteiger charge is -2.18. The van der Waals surface area contributed by atoms with Crippen molar-refractivity contribution in [2.45, 2.75) is 12.5 Å². The molecule has 0 radical (unpaired) electrons. The van der Waals surface area contributed by atoms with Crippen LogP contribution in [0.2, 0.25) is 0 Å². The van der Waals surface area contributed by atoms with E-state index in [0.717, 1.165) is 0 Å². The SMILES string of the molecule is Cn1cnc([N+](=O)[O-])c1N1CCC(NC(=O)Nc2ccc(F)cc2)C1. The Balaban J connectivity index is 1.60. The largest absolute Gasteiger partial charge is 0.406 e. The van der Waals surface area contributed by atoms with Gasteiger partial charge in [0, 0.05) is 31.9 Å². The van der Waals surface area contributed by atoms with Gasteiger partial charge < -0.3 is 25.6 Å². The summed E-state index contributed by atoms with van der Waals surface area (Å²) < 4.78 is 14.5. The Hall–Kier alpha value is -3.17. The average Bonchev–Trinajstić information content (AvgIpc) is 3.15. The Morgan fingerprint density at radius 1 is 1.40 bits per heavy atom. The monoisotopic (exact) mass is 348 g/mol. The van der Waals surface area contributed by atoms with Crippen LogP contribution in [0.15, 0.2) is 30.6 Å². The van der Waals surface area contributed by atoms with Crippen LogP contribution < -0.4 is 15.5 Å². The number of nitrogens with zero attached hydrogens (tertiary/aromatic N) is 4. The highest BCUT2D eigenvalue weighted by molar-refractivity contribution is 5.89. The van der Waals surface area contributed by atoms with Crippen molar-refractivity contribution in [3.63, 3.8) is 0 Å². The van der Waals surface area contributed by atoms with E-state index in [1.54, 1.807) is 11.6 Å². The van der Waals surface area contributed by atoms with E-state index in [0.29, 0.717) is 31.0 Å². The molecule has 1 fully saturated rings. The number of rotatable bonds is 4. The van der Waals surface area contributed by atoms with Crippen LogP contribution in [0.25, 0.3) is 0 Å². The van der Waals surface area contributed by atoms with Crippen molar-refractivity contribution < 1.29 is 14.1 Å². The predicted molar refractivity (Wildman–Crippen MR) is 89.0 cm³/mol. The van der Waals surface area contributed by atoms with Gasteiger partial charge in [0.15, 0.2) is 0 Å². The van der Waals surface area contributed by atoms with Gasteiger partial charge in [0.25, 0.3) is 0 Å². The molecule has 3 rings (SSSR count). The molecule has 1 unspecified atom stereocenters. The Kier molecular flexibility index (Phi) is 4.50. The zero-order valence-corrected chi connectivity index (χ0v) is 13.5. The molecule has 0 spiro atoms. The number of imidazole rings is 1. The van der Waals surface area contributed by atoms with Crippen molar-refractivity contribution in [3.05, 3.63) is 46.5 Å². The van der Waals surface area contributed by atoms with Gasteiger partial charge in [-0.3, -0.25) is 4.57 Å². The lowest BCUT2D eigenvalue weighted by Crippen LogP contribution is -2.40. The van der Waals surface area contributed by atoms with Crippen molar-refractivity contribution in [1.82, 2.24) is 14.9 Å². The topological polar surface area (TPSA) is 105 Å². The number of aryl methyl sites for hydroxylation is 1. The molecule has 2 N–H and O–H groups in total. The number of urea groups is 1. The van der Waals surface area contributed by atoms with Gasteiger partial charge in [-0.05, 0) is 40.6 Å². The van der Waals surface area contributed by atoms with Crippen molar-refractivity contribution >= 4 is 23.4 Å². The van der Waals surface area contributed by atoms with Crippen molar-refractivity contribution in [2.24, 2.45) is 7.05 Å². The Labute approximate surface area is 142 Å². The van der Waals surface area contributed by atoms with Crippen LogP contribution in [-0.2, 0) is 7.05 Å². The van der Waals surface area contributed by atoms with Gasteiger partial charge in [0.05, 0.1) is 0 Å². The first-order valence-corrected chi connectivity index (χ1v) is 7.68. The second-order valence-corrected chi connectivity index (χ2v) is 5.80. The van der Waals surface area contributed by atoms with Crippen LogP contribution in [0.3, 0.4) is 0 Å². The fourth-order valence-corrected chi connectivity index (χ4v) is 2.86. The summed E-state index contributed by atoms with van der Waals surface area (Å²) in [6.45, 7) is 1.01. The second kappa shape index (κ2) is 6.75. The Bertz CT molecular complexity index is 791. The van der Waals surface area contributed by atoms with Gasteiger partial charge in [-0.15, -0.1) is 0 Å². The first-order valence-electron chi connectivity index (χ1n) is 7.68. The third kappa shape index (κ3) is 3.67. The maximum Gasteiger partial charge on any atom is 0.406 e. The molecule has 0 aliphatic carbocycles. The molecule has 2 aromatic rings. The minimum Gasteiger partial charge on any atom is -0.358 e. The van der Waals surface area contributed by atoms with Crippen LogP contribution in [0.4, 0.5) is 26.5 Å². The number of carbonyl (C=O) groups excluding carboxylic acids is 1. The maximum absolute atomic E-state index is 12.9. The van der Waals surface area contributed by atoms with E-state index in [-0.39, 0.29) is 17.7 Å². The van der Waals surface area contributed by atoms with Crippen molar-refractivity contribution in [1.29, 1.82) is 0 Å². The number of aromatic nitrogens is 2. The van der Waals surface area contributed by atoms with E-state index in [1.807, 2.05) is 4.90 Å². The van der Waals surface area contributed by atoms with Gasteiger partial charge in [0.1, 0.15) is 5.82 Å². The number of anilines is 2. The van der Waals surface area contributed by atoms with Gasteiger partial charge in [-0.25, -0.2) is 9.18 Å². The molecule has 1 atom stereocenters. The number of nitrogens with one attached hydrogen (secondary N) is 2. The summed E-state index contributed by atoms with van der Waals surface area (Å²) in [5.41, 5.74) is 0.482. The smallest absolute Gasteiger partial charge is 0.358 e. The van der Waals surface area contributed by atoms with Crippen LogP contribution >= 0.6 is 0 Å². The number of hydrogen-bond acceptors (Lipinski definition) is 5. The highest BCUT2D eigenvalue weighted by Crippen LogP contribution is 2.28. The number of amides is 2. The molecule has 0 bridgehead atoms. The van der Waals surface area contributed by atoms with Crippen molar-refractivity contribution in [2.75, 3.05) is 23.3 Å². The van der Waals surface area contributed by atoms with Crippen molar-refractivity contribution in [3.8, 4) is 0 Å². The molecule has 1 saturated heterocycles. The van der Waals surface area contributed by atoms with E-state index in [4.69, 9.17) is 0 Å². The summed E-state index contributed by atoms with van der Waals surface area (Å²) >= 11 is 0. The molecule has 1 aromatic carbocycles. The zero-order valence-electron chi connectivity index (χ0n) is 13.5. The number of hydrogen-bond donors (Lipinski definition) is 2. The molecule has 1 aromatic heterocycles. The maximum atomic E-state index is 12.9. The predicted octanol–water partition coefficient (Wildman–Crippen LogP) is 1.87. The Morgan fingerprint density at radius 3 is 2.80 bits per heavy atom. The number of nitro groups is 1. The molecule has 25 heavy (non-hydrogen) atoms. The fourth-order valence-electron chi connectivity index (χ4n) is 2.86. The highest BCUT2D eigenvalue weighted by Gasteiger charge is 2.32. The van der Waals surface area contributed by atoms with E-state index in [1.165, 1.54) is 30.6 Å². The standard InChI is InChI=1S/C15H17FN6O3/c1-20-9-17-13(22(24)25)14(20)21-7-6-12(8-21)19-15(23)18-11-4-2-10(16)3-5-11/h2-5,9,12H,6-8H2,1H3,(H2,18,19,23). The average molecular weight is 348 g/mol. The van der Waals surface area contributed by atoms with E-state index < -0.39 is 11.0 Å². The molecule has 132 valence electrons. The fraction of sp³-hybridized carbons (Fsp3) is 0.333. The molecular weight excluding hydrogens is 331 g/mol. The molecule has 0 saturated carbocycles. The highest BCUT2D eigenvalue weighted by atomic mass is 19.1. The normalized spacial score (nSPS) is 16.7. The third-order valence-electron chi connectivity index (χ3n) is 3.99. The molecule has 2 amide bonds. The summed E-state index contributed by atoms with van der Waals surface area (Å²) in [4.78, 5) is 28.2. The first kappa shape index (κ1) is 16.7. The summed E-state index contributed by atoms with van der Waals surface area (Å²) in [6.07, 6.45) is 2.05. The van der Waals surface area contributed by atoms with Crippen LogP contribution in [0, 0.1) is 15.9 Å². The summed E-state index contributed by atoms with van der Waals surface area (Å²) in [5, 5.41) is 16.5. The first-order chi connectivity index (χ1) is 11.9. The summed E-state index contributed by atoms with van der Waals surface area (Å²) in [7, 11) is 1.69. The van der Waals surface area contributed by atoms with E-state index >= 15 is 0 Å². The minimum atomic E-state index is -0.517. The molecule has 9 nitrogen and oxygen atoms in total. The second-order valence-electron chi connectivity index (χ2n) is 5.80. The van der Waals surface area contributed by atoms with E-state index in [9.17, 15) is 19.3 Å². The quantitative estimate of drug-likeness (QED) is 0.648. The van der Waals surface area contributed by atoms with Gasteiger partial charge in [-0.2, -0.15) is 0 Å². The lowest BCUT2D eigenvalue weighted by atomic mass is 10.3. The molecule has 2 heterocycles. The van der Waals surface area contributed by atoms with Gasteiger partial charge in [-0.1, -0.05) is 0 Å². The molecule has 1 aliphatic rings. The molecular formula is C15H17FN6O3.